The van der Waals surface area contributed by atoms with Crippen LogP contribution in [0.25, 0.3) is 11.4 Å². The molecule has 0 amide bonds. The molecule has 0 saturated carbocycles. The van der Waals surface area contributed by atoms with Gasteiger partial charge in [0.05, 0.1) is 5.69 Å². The maximum absolute atomic E-state index is 5.92. The number of benzene rings is 1. The molecule has 0 aliphatic carbocycles. The molecule has 76 valence electrons. The topological polar surface area (TPSA) is 64.7 Å². The van der Waals surface area contributed by atoms with Gasteiger partial charge in [-0.05, 0) is 35.0 Å². The van der Waals surface area contributed by atoms with Gasteiger partial charge in [-0.2, -0.15) is 0 Å². The van der Waals surface area contributed by atoms with E-state index in [2.05, 4.69) is 30.9 Å². The molecule has 2 rings (SSSR count). The number of hydrogen-bond donors (Lipinski definition) is 1. The lowest BCUT2D eigenvalue weighted by atomic mass is 10.2. The van der Waals surface area contributed by atoms with E-state index in [0.717, 1.165) is 10.0 Å². The van der Waals surface area contributed by atoms with Crippen LogP contribution >= 0.6 is 15.9 Å². The number of nitrogen functional groups attached to an aromatic ring is 1. The number of para-hydroxylation sites is 1. The molecule has 2 N–H and O–H groups in total. The summed E-state index contributed by atoms with van der Waals surface area (Å²) in [4.78, 5) is 12.3. The molecule has 2 aromatic rings. The van der Waals surface area contributed by atoms with Crippen LogP contribution in [0.2, 0.25) is 0 Å². The molecular formula is C10H9BrN4. The number of hydrogen-bond acceptors (Lipinski definition) is 4. The minimum absolute atomic E-state index is 0.598. The van der Waals surface area contributed by atoms with Crippen molar-refractivity contribution in [2.75, 3.05) is 5.73 Å². The zero-order chi connectivity index (χ0) is 10.8. The fourth-order valence-corrected chi connectivity index (χ4v) is 1.61. The predicted octanol–water partition coefficient (Wildman–Crippen LogP) is 2.19. The lowest BCUT2D eigenvalue weighted by Gasteiger charge is -2.05. The van der Waals surface area contributed by atoms with Gasteiger partial charge in [0.2, 0.25) is 0 Å². The van der Waals surface area contributed by atoms with Crippen LogP contribution in [0.1, 0.15) is 5.82 Å². The summed E-state index contributed by atoms with van der Waals surface area (Å²) >= 11 is 3.37. The molecule has 0 radical (unpaired) electrons. The van der Waals surface area contributed by atoms with Gasteiger partial charge in [0, 0.05) is 10.0 Å². The SMILES string of the molecule is Cc1ncnc(-c2cccc(Br)c2N)n1. The Labute approximate surface area is 95.7 Å². The molecule has 0 bridgehead atoms. The van der Waals surface area contributed by atoms with E-state index in [9.17, 15) is 0 Å². The van der Waals surface area contributed by atoms with E-state index in [1.54, 1.807) is 0 Å². The maximum atomic E-state index is 5.92. The second-order valence-electron chi connectivity index (χ2n) is 3.06. The van der Waals surface area contributed by atoms with Crippen LogP contribution in [0.3, 0.4) is 0 Å². The lowest BCUT2D eigenvalue weighted by Crippen LogP contribution is -1.98. The summed E-state index contributed by atoms with van der Waals surface area (Å²) in [5.74, 6) is 1.28. The average molecular weight is 265 g/mol. The van der Waals surface area contributed by atoms with E-state index in [4.69, 9.17) is 5.73 Å². The minimum Gasteiger partial charge on any atom is -0.397 e. The molecule has 0 aliphatic heterocycles. The normalized spacial score (nSPS) is 10.3. The van der Waals surface area contributed by atoms with Crippen molar-refractivity contribution >= 4 is 21.6 Å². The Morgan fingerprint density at radius 1 is 1.27 bits per heavy atom. The predicted molar refractivity (Wildman–Crippen MR) is 62.1 cm³/mol. The molecule has 0 saturated heterocycles. The molecule has 0 fully saturated rings. The van der Waals surface area contributed by atoms with Crippen molar-refractivity contribution < 1.29 is 0 Å². The number of nitrogens with zero attached hydrogens (tertiary/aromatic N) is 3. The van der Waals surface area contributed by atoms with Gasteiger partial charge >= 0.3 is 0 Å². The van der Waals surface area contributed by atoms with Crippen LogP contribution in [-0.4, -0.2) is 15.0 Å². The Balaban J connectivity index is 2.59. The molecule has 0 atom stereocenters. The molecule has 0 unspecified atom stereocenters. The smallest absolute Gasteiger partial charge is 0.165 e. The van der Waals surface area contributed by atoms with E-state index in [0.29, 0.717) is 17.3 Å². The number of rotatable bonds is 1. The van der Waals surface area contributed by atoms with E-state index in [-0.39, 0.29) is 0 Å². The third kappa shape index (κ3) is 1.97. The largest absolute Gasteiger partial charge is 0.397 e. The van der Waals surface area contributed by atoms with E-state index >= 15 is 0 Å². The van der Waals surface area contributed by atoms with Gasteiger partial charge in [-0.15, -0.1) is 0 Å². The van der Waals surface area contributed by atoms with Crippen LogP contribution in [-0.2, 0) is 0 Å². The summed E-state index contributed by atoms with van der Waals surface area (Å²) in [7, 11) is 0. The quantitative estimate of drug-likeness (QED) is 0.803. The zero-order valence-electron chi connectivity index (χ0n) is 8.11. The third-order valence-electron chi connectivity index (χ3n) is 1.99. The van der Waals surface area contributed by atoms with Gasteiger partial charge in [0.15, 0.2) is 5.82 Å². The molecule has 0 spiro atoms. The summed E-state index contributed by atoms with van der Waals surface area (Å²) < 4.78 is 0.845. The number of anilines is 1. The second-order valence-corrected chi connectivity index (χ2v) is 3.91. The number of halogens is 1. The first-order chi connectivity index (χ1) is 7.18. The van der Waals surface area contributed by atoms with Crippen molar-refractivity contribution in [2.24, 2.45) is 0 Å². The summed E-state index contributed by atoms with van der Waals surface area (Å²) in [6.45, 7) is 1.82. The fourth-order valence-electron chi connectivity index (χ4n) is 1.24. The molecule has 15 heavy (non-hydrogen) atoms. The zero-order valence-corrected chi connectivity index (χ0v) is 9.69. The van der Waals surface area contributed by atoms with Crippen LogP contribution < -0.4 is 5.73 Å². The van der Waals surface area contributed by atoms with Crippen molar-refractivity contribution in [3.05, 3.63) is 34.8 Å². The molecule has 5 heteroatoms. The van der Waals surface area contributed by atoms with Crippen LogP contribution in [0.4, 0.5) is 5.69 Å². The molecule has 1 aromatic heterocycles. The molecule has 1 heterocycles. The Bertz CT molecular complexity index is 499. The third-order valence-corrected chi connectivity index (χ3v) is 2.68. The van der Waals surface area contributed by atoms with Gasteiger partial charge in [0.25, 0.3) is 0 Å². The molecule has 4 nitrogen and oxygen atoms in total. The van der Waals surface area contributed by atoms with Crippen molar-refractivity contribution in [1.82, 2.24) is 15.0 Å². The summed E-state index contributed by atoms with van der Waals surface area (Å²) in [6, 6.07) is 5.66. The van der Waals surface area contributed by atoms with Crippen molar-refractivity contribution in [1.29, 1.82) is 0 Å². The molecule has 0 aliphatic rings. The molecule has 1 aromatic carbocycles. The Morgan fingerprint density at radius 3 is 2.80 bits per heavy atom. The van der Waals surface area contributed by atoms with Gasteiger partial charge in [-0.1, -0.05) is 6.07 Å². The summed E-state index contributed by atoms with van der Waals surface area (Å²) in [5.41, 5.74) is 7.37. The van der Waals surface area contributed by atoms with Crippen LogP contribution in [0.15, 0.2) is 29.0 Å². The van der Waals surface area contributed by atoms with Gasteiger partial charge in [-0.3, -0.25) is 0 Å². The highest BCUT2D eigenvalue weighted by Crippen LogP contribution is 2.29. The first-order valence-electron chi connectivity index (χ1n) is 4.38. The van der Waals surface area contributed by atoms with E-state index < -0.39 is 0 Å². The van der Waals surface area contributed by atoms with Crippen molar-refractivity contribution in [2.45, 2.75) is 6.92 Å². The number of nitrogens with two attached hydrogens (primary N) is 1. The summed E-state index contributed by atoms with van der Waals surface area (Å²) in [6.07, 6.45) is 1.48. The van der Waals surface area contributed by atoms with E-state index in [1.165, 1.54) is 6.33 Å². The average Bonchev–Trinajstić information content (AvgIpc) is 2.22. The highest BCUT2D eigenvalue weighted by molar-refractivity contribution is 9.10. The van der Waals surface area contributed by atoms with Gasteiger partial charge < -0.3 is 5.73 Å². The van der Waals surface area contributed by atoms with Gasteiger partial charge in [0.1, 0.15) is 12.2 Å². The Hall–Kier alpha value is -1.49. The van der Waals surface area contributed by atoms with Crippen molar-refractivity contribution in [3.63, 3.8) is 0 Å². The second kappa shape index (κ2) is 3.94. The highest BCUT2D eigenvalue weighted by Gasteiger charge is 2.07. The molecular weight excluding hydrogens is 256 g/mol. The van der Waals surface area contributed by atoms with E-state index in [1.807, 2.05) is 25.1 Å². The van der Waals surface area contributed by atoms with Gasteiger partial charge in [-0.25, -0.2) is 15.0 Å². The first kappa shape index (κ1) is 10.0. The fraction of sp³-hybridized carbons (Fsp3) is 0.100. The Morgan fingerprint density at radius 2 is 2.07 bits per heavy atom. The number of aromatic nitrogens is 3. The van der Waals surface area contributed by atoms with Crippen LogP contribution in [0.5, 0.6) is 0 Å². The lowest BCUT2D eigenvalue weighted by molar-refractivity contribution is 0.983. The Kier molecular flexibility index (Phi) is 2.64. The highest BCUT2D eigenvalue weighted by atomic mass is 79.9. The summed E-state index contributed by atoms with van der Waals surface area (Å²) in [5, 5.41) is 0. The standard InChI is InChI=1S/C10H9BrN4/c1-6-13-5-14-10(15-6)7-3-2-4-8(11)9(7)12/h2-5H,12H2,1H3. The number of aryl methyl sites for hydroxylation is 1. The van der Waals surface area contributed by atoms with Crippen molar-refractivity contribution in [3.8, 4) is 11.4 Å². The minimum atomic E-state index is 0.598. The maximum Gasteiger partial charge on any atom is 0.165 e. The monoisotopic (exact) mass is 264 g/mol. The first-order valence-corrected chi connectivity index (χ1v) is 5.18. The van der Waals surface area contributed by atoms with Crippen LogP contribution in [0, 0.1) is 6.92 Å².